The Morgan fingerprint density at radius 3 is 3.00 bits per heavy atom. The second-order valence-electron chi connectivity index (χ2n) is 4.84. The summed E-state index contributed by atoms with van der Waals surface area (Å²) in [4.78, 5) is 13.0. The van der Waals surface area contributed by atoms with Crippen molar-refractivity contribution in [2.45, 2.75) is 25.3 Å². The third-order valence-corrected chi connectivity index (χ3v) is 3.61. The zero-order valence-electron chi connectivity index (χ0n) is 9.57. The van der Waals surface area contributed by atoms with Crippen LogP contribution in [0.5, 0.6) is 0 Å². The SMILES string of the molecule is CN(C)C(=O)CCNC1CC2CC=CC21. The summed E-state index contributed by atoms with van der Waals surface area (Å²) in [6.07, 6.45) is 7.79. The molecular formula is C12H20N2O. The van der Waals surface area contributed by atoms with Crippen LogP contribution in [0.1, 0.15) is 19.3 Å². The van der Waals surface area contributed by atoms with Gasteiger partial charge in [-0.05, 0) is 24.7 Å². The molecule has 15 heavy (non-hydrogen) atoms. The predicted molar refractivity (Wildman–Crippen MR) is 60.5 cm³/mol. The van der Waals surface area contributed by atoms with E-state index in [2.05, 4.69) is 17.5 Å². The normalized spacial score (nSPS) is 32.3. The van der Waals surface area contributed by atoms with Gasteiger partial charge in [-0.3, -0.25) is 4.79 Å². The van der Waals surface area contributed by atoms with E-state index >= 15 is 0 Å². The Hall–Kier alpha value is -0.830. The minimum Gasteiger partial charge on any atom is -0.349 e. The van der Waals surface area contributed by atoms with Crippen molar-refractivity contribution < 1.29 is 4.79 Å². The summed E-state index contributed by atoms with van der Waals surface area (Å²) in [5.41, 5.74) is 0. The zero-order valence-corrected chi connectivity index (χ0v) is 9.57. The molecular weight excluding hydrogens is 188 g/mol. The highest BCUT2D eigenvalue weighted by Crippen LogP contribution is 2.42. The van der Waals surface area contributed by atoms with Crippen LogP contribution in [0.15, 0.2) is 12.2 Å². The molecule has 84 valence electrons. The van der Waals surface area contributed by atoms with E-state index in [0.29, 0.717) is 12.5 Å². The standard InChI is InChI=1S/C12H20N2O/c1-14(2)12(15)6-7-13-11-8-9-4-3-5-10(9)11/h3,5,9-11,13H,4,6-8H2,1-2H3. The molecule has 0 aromatic rings. The number of hydrogen-bond donors (Lipinski definition) is 1. The van der Waals surface area contributed by atoms with Gasteiger partial charge in [-0.1, -0.05) is 12.2 Å². The summed E-state index contributed by atoms with van der Waals surface area (Å²) in [6, 6.07) is 0.628. The lowest BCUT2D eigenvalue weighted by molar-refractivity contribution is -0.128. The zero-order chi connectivity index (χ0) is 10.8. The van der Waals surface area contributed by atoms with E-state index in [1.54, 1.807) is 19.0 Å². The average Bonchev–Trinajstić information content (AvgIpc) is 2.54. The maximum absolute atomic E-state index is 11.3. The van der Waals surface area contributed by atoms with E-state index in [1.807, 2.05) is 0 Å². The highest BCUT2D eigenvalue weighted by atomic mass is 16.2. The van der Waals surface area contributed by atoms with Gasteiger partial charge in [-0.25, -0.2) is 0 Å². The molecule has 2 aliphatic carbocycles. The summed E-state index contributed by atoms with van der Waals surface area (Å²) >= 11 is 0. The number of rotatable bonds is 4. The van der Waals surface area contributed by atoms with Crippen LogP contribution in [0.3, 0.4) is 0 Å². The van der Waals surface area contributed by atoms with Gasteiger partial charge in [0.25, 0.3) is 0 Å². The van der Waals surface area contributed by atoms with Crippen molar-refractivity contribution >= 4 is 5.91 Å². The number of carbonyl (C=O) groups is 1. The van der Waals surface area contributed by atoms with Crippen molar-refractivity contribution in [3.63, 3.8) is 0 Å². The molecule has 0 heterocycles. The Morgan fingerprint density at radius 1 is 1.53 bits per heavy atom. The molecule has 0 aliphatic heterocycles. The van der Waals surface area contributed by atoms with Crippen LogP contribution in [0, 0.1) is 11.8 Å². The summed E-state index contributed by atoms with van der Waals surface area (Å²) in [5, 5.41) is 3.48. The van der Waals surface area contributed by atoms with Gasteiger partial charge in [0, 0.05) is 33.1 Å². The molecule has 1 N–H and O–H groups in total. The number of nitrogens with zero attached hydrogens (tertiary/aromatic N) is 1. The molecule has 2 aliphatic rings. The second-order valence-corrected chi connectivity index (χ2v) is 4.84. The maximum Gasteiger partial charge on any atom is 0.223 e. The number of amides is 1. The first kappa shape index (κ1) is 10.7. The molecule has 3 nitrogen and oxygen atoms in total. The number of nitrogens with one attached hydrogen (secondary N) is 1. The molecule has 0 aromatic carbocycles. The molecule has 1 amide bonds. The van der Waals surface area contributed by atoms with E-state index in [0.717, 1.165) is 18.4 Å². The van der Waals surface area contributed by atoms with Crippen molar-refractivity contribution in [1.29, 1.82) is 0 Å². The van der Waals surface area contributed by atoms with E-state index in [1.165, 1.54) is 12.8 Å². The van der Waals surface area contributed by atoms with Gasteiger partial charge in [0.15, 0.2) is 0 Å². The smallest absolute Gasteiger partial charge is 0.223 e. The molecule has 0 saturated heterocycles. The first-order valence-electron chi connectivity index (χ1n) is 5.78. The van der Waals surface area contributed by atoms with Crippen LogP contribution in [-0.2, 0) is 4.79 Å². The molecule has 0 bridgehead atoms. The number of carbonyl (C=O) groups excluding carboxylic acids is 1. The van der Waals surface area contributed by atoms with Crippen LogP contribution in [0.25, 0.3) is 0 Å². The van der Waals surface area contributed by atoms with Crippen molar-refractivity contribution in [2.75, 3.05) is 20.6 Å². The van der Waals surface area contributed by atoms with Crippen LogP contribution in [-0.4, -0.2) is 37.5 Å². The summed E-state index contributed by atoms with van der Waals surface area (Å²) in [5.74, 6) is 1.85. The average molecular weight is 208 g/mol. The molecule has 1 saturated carbocycles. The van der Waals surface area contributed by atoms with E-state index in [9.17, 15) is 4.79 Å². The largest absolute Gasteiger partial charge is 0.349 e. The van der Waals surface area contributed by atoms with E-state index in [-0.39, 0.29) is 5.91 Å². The minimum atomic E-state index is 0.209. The van der Waals surface area contributed by atoms with Crippen LogP contribution >= 0.6 is 0 Å². The molecule has 1 fully saturated rings. The fourth-order valence-corrected chi connectivity index (χ4v) is 2.54. The van der Waals surface area contributed by atoms with E-state index in [4.69, 9.17) is 0 Å². The lowest BCUT2D eigenvalue weighted by atomic mass is 9.71. The lowest BCUT2D eigenvalue weighted by Crippen LogP contribution is -2.48. The predicted octanol–water partition coefficient (Wildman–Crippen LogP) is 1.02. The molecule has 3 heteroatoms. The topological polar surface area (TPSA) is 32.3 Å². The fraction of sp³-hybridized carbons (Fsp3) is 0.750. The third-order valence-electron chi connectivity index (χ3n) is 3.61. The van der Waals surface area contributed by atoms with Gasteiger partial charge in [0.05, 0.1) is 0 Å². The van der Waals surface area contributed by atoms with Gasteiger partial charge in [-0.2, -0.15) is 0 Å². The summed E-state index contributed by atoms with van der Waals surface area (Å²) in [7, 11) is 3.61. The Morgan fingerprint density at radius 2 is 2.33 bits per heavy atom. The van der Waals surface area contributed by atoms with Crippen LogP contribution in [0.4, 0.5) is 0 Å². The molecule has 0 radical (unpaired) electrons. The first-order chi connectivity index (χ1) is 7.18. The lowest BCUT2D eigenvalue weighted by Gasteiger charge is -2.40. The van der Waals surface area contributed by atoms with Gasteiger partial charge in [-0.15, -0.1) is 0 Å². The van der Waals surface area contributed by atoms with Crippen molar-refractivity contribution in [2.24, 2.45) is 11.8 Å². The highest BCUT2D eigenvalue weighted by Gasteiger charge is 2.40. The Kier molecular flexibility index (Phi) is 3.10. The van der Waals surface area contributed by atoms with Crippen LogP contribution in [0.2, 0.25) is 0 Å². The minimum absolute atomic E-state index is 0.209. The number of allylic oxidation sites excluding steroid dienone is 1. The van der Waals surface area contributed by atoms with Crippen molar-refractivity contribution in [3.8, 4) is 0 Å². The molecule has 0 aromatic heterocycles. The highest BCUT2D eigenvalue weighted by molar-refractivity contribution is 5.75. The van der Waals surface area contributed by atoms with Crippen molar-refractivity contribution in [1.82, 2.24) is 10.2 Å². The molecule has 2 rings (SSSR count). The van der Waals surface area contributed by atoms with Crippen molar-refractivity contribution in [3.05, 3.63) is 12.2 Å². The van der Waals surface area contributed by atoms with Gasteiger partial charge in [0.2, 0.25) is 5.91 Å². The number of fused-ring (bicyclic) bond motifs is 1. The van der Waals surface area contributed by atoms with Gasteiger partial charge < -0.3 is 10.2 Å². The number of hydrogen-bond acceptors (Lipinski definition) is 2. The van der Waals surface area contributed by atoms with Gasteiger partial charge >= 0.3 is 0 Å². The Labute approximate surface area is 91.5 Å². The fourth-order valence-electron chi connectivity index (χ4n) is 2.54. The summed E-state index contributed by atoms with van der Waals surface area (Å²) in [6.45, 7) is 0.818. The van der Waals surface area contributed by atoms with E-state index < -0.39 is 0 Å². The maximum atomic E-state index is 11.3. The summed E-state index contributed by atoms with van der Waals surface area (Å²) < 4.78 is 0. The van der Waals surface area contributed by atoms with Crippen LogP contribution < -0.4 is 5.32 Å². The third kappa shape index (κ3) is 2.23. The van der Waals surface area contributed by atoms with Gasteiger partial charge in [0.1, 0.15) is 0 Å². The Balaban J connectivity index is 1.63. The molecule has 0 spiro atoms. The second kappa shape index (κ2) is 4.35. The molecule has 3 unspecified atom stereocenters. The Bertz CT molecular complexity index is 273. The first-order valence-corrected chi connectivity index (χ1v) is 5.78. The quantitative estimate of drug-likeness (QED) is 0.700. The molecule has 3 atom stereocenters. The monoisotopic (exact) mass is 208 g/mol.